The van der Waals surface area contributed by atoms with E-state index in [1.165, 1.54) is 6.07 Å². The van der Waals surface area contributed by atoms with E-state index in [1.807, 2.05) is 0 Å². The van der Waals surface area contributed by atoms with Gasteiger partial charge in [-0.1, -0.05) is 12.1 Å². The van der Waals surface area contributed by atoms with E-state index in [0.29, 0.717) is 6.54 Å². The smallest absolute Gasteiger partial charge is 0.179 e. The van der Waals surface area contributed by atoms with Crippen LogP contribution >= 0.6 is 0 Å². The molecular weight excluding hydrogens is 193 g/mol. The molecule has 0 unspecified atom stereocenters. The van der Waals surface area contributed by atoms with Crippen LogP contribution in [0, 0.1) is 5.82 Å². The summed E-state index contributed by atoms with van der Waals surface area (Å²) in [5, 5.41) is 0. The largest absolute Gasteiger partial charge is 0.296 e. The molecule has 0 amide bonds. The first-order valence-electron chi connectivity index (χ1n) is 5.27. The summed E-state index contributed by atoms with van der Waals surface area (Å²) >= 11 is 0. The van der Waals surface area contributed by atoms with Crippen LogP contribution in [-0.4, -0.2) is 30.3 Å². The highest BCUT2D eigenvalue weighted by Crippen LogP contribution is 2.11. The van der Waals surface area contributed by atoms with Crippen molar-refractivity contribution < 1.29 is 9.18 Å². The summed E-state index contributed by atoms with van der Waals surface area (Å²) in [7, 11) is 0. The molecule has 1 aromatic rings. The summed E-state index contributed by atoms with van der Waals surface area (Å²) in [5.74, 6) is -0.531. The molecule has 15 heavy (non-hydrogen) atoms. The van der Waals surface area contributed by atoms with Gasteiger partial charge in [-0.25, -0.2) is 4.39 Å². The summed E-state index contributed by atoms with van der Waals surface area (Å²) < 4.78 is 13.3. The van der Waals surface area contributed by atoms with Crippen molar-refractivity contribution in [2.75, 3.05) is 19.6 Å². The molecule has 2 nitrogen and oxygen atoms in total. The van der Waals surface area contributed by atoms with E-state index in [0.717, 1.165) is 25.9 Å². The first-order chi connectivity index (χ1) is 7.27. The van der Waals surface area contributed by atoms with Gasteiger partial charge in [0.15, 0.2) is 5.78 Å². The zero-order chi connectivity index (χ0) is 10.7. The van der Waals surface area contributed by atoms with E-state index in [-0.39, 0.29) is 11.3 Å². The molecule has 0 spiro atoms. The van der Waals surface area contributed by atoms with E-state index >= 15 is 0 Å². The summed E-state index contributed by atoms with van der Waals surface area (Å²) in [4.78, 5) is 13.8. The number of hydrogen-bond donors (Lipinski definition) is 0. The first-order valence-corrected chi connectivity index (χ1v) is 5.27. The van der Waals surface area contributed by atoms with E-state index in [2.05, 4.69) is 4.90 Å². The van der Waals surface area contributed by atoms with Crippen molar-refractivity contribution in [1.82, 2.24) is 4.90 Å². The molecule has 0 bridgehead atoms. The Kier molecular flexibility index (Phi) is 3.11. The zero-order valence-corrected chi connectivity index (χ0v) is 8.58. The maximum Gasteiger partial charge on any atom is 0.179 e. The van der Waals surface area contributed by atoms with Gasteiger partial charge in [0.05, 0.1) is 12.1 Å². The lowest BCUT2D eigenvalue weighted by molar-refractivity contribution is 0.0941. The molecule has 0 radical (unpaired) electrons. The Morgan fingerprint density at radius 1 is 1.27 bits per heavy atom. The number of Topliss-reactive ketones (excluding diaryl/α,β-unsaturated/α-hetero) is 1. The van der Waals surface area contributed by atoms with Crippen LogP contribution in [-0.2, 0) is 0 Å². The predicted molar refractivity (Wildman–Crippen MR) is 56.4 cm³/mol. The molecule has 0 N–H and O–H groups in total. The Bertz CT molecular complexity index is 358. The Labute approximate surface area is 88.7 Å². The Morgan fingerprint density at radius 3 is 2.60 bits per heavy atom. The molecule has 0 atom stereocenters. The number of carbonyl (C=O) groups excluding carboxylic acids is 1. The highest BCUT2D eigenvalue weighted by Gasteiger charge is 2.17. The van der Waals surface area contributed by atoms with Crippen molar-refractivity contribution in [2.24, 2.45) is 0 Å². The molecule has 80 valence electrons. The maximum atomic E-state index is 13.3. The van der Waals surface area contributed by atoms with Crippen molar-refractivity contribution >= 4 is 5.78 Å². The van der Waals surface area contributed by atoms with Crippen LogP contribution < -0.4 is 0 Å². The summed E-state index contributed by atoms with van der Waals surface area (Å²) in [6, 6.07) is 6.17. The molecule has 1 fully saturated rings. The third-order valence-electron chi connectivity index (χ3n) is 2.74. The molecule has 1 aromatic carbocycles. The van der Waals surface area contributed by atoms with Gasteiger partial charge in [-0.3, -0.25) is 9.69 Å². The fraction of sp³-hybridized carbons (Fsp3) is 0.417. The standard InChI is InChI=1S/C12H14FNO/c13-11-6-2-1-5-10(11)12(15)9-14-7-3-4-8-14/h1-2,5-6H,3-4,7-9H2. The Balaban J connectivity index is 2.04. The number of likely N-dealkylation sites (tertiary alicyclic amines) is 1. The van der Waals surface area contributed by atoms with Gasteiger partial charge in [-0.15, -0.1) is 0 Å². The fourth-order valence-corrected chi connectivity index (χ4v) is 1.92. The van der Waals surface area contributed by atoms with Crippen LogP contribution in [0.4, 0.5) is 4.39 Å². The van der Waals surface area contributed by atoms with Crippen molar-refractivity contribution in [2.45, 2.75) is 12.8 Å². The van der Waals surface area contributed by atoms with Gasteiger partial charge < -0.3 is 0 Å². The lowest BCUT2D eigenvalue weighted by Crippen LogP contribution is -2.27. The average molecular weight is 207 g/mol. The minimum absolute atomic E-state index is 0.116. The minimum Gasteiger partial charge on any atom is -0.296 e. The summed E-state index contributed by atoms with van der Waals surface area (Å²) in [6.07, 6.45) is 2.29. The zero-order valence-electron chi connectivity index (χ0n) is 8.58. The van der Waals surface area contributed by atoms with Crippen LogP contribution in [0.2, 0.25) is 0 Å². The first kappa shape index (κ1) is 10.3. The third kappa shape index (κ3) is 2.42. The summed E-state index contributed by atoms with van der Waals surface area (Å²) in [5.41, 5.74) is 0.212. The van der Waals surface area contributed by atoms with Gasteiger partial charge in [0, 0.05) is 0 Å². The van der Waals surface area contributed by atoms with Gasteiger partial charge in [-0.05, 0) is 38.1 Å². The number of halogens is 1. The fourth-order valence-electron chi connectivity index (χ4n) is 1.92. The molecule has 1 saturated heterocycles. The normalized spacial score (nSPS) is 16.9. The molecule has 0 aliphatic carbocycles. The topological polar surface area (TPSA) is 20.3 Å². The van der Waals surface area contributed by atoms with Crippen molar-refractivity contribution in [3.8, 4) is 0 Å². The quantitative estimate of drug-likeness (QED) is 0.707. The van der Waals surface area contributed by atoms with Gasteiger partial charge in [-0.2, -0.15) is 0 Å². The average Bonchev–Trinajstić information content (AvgIpc) is 2.71. The number of ketones is 1. The molecular formula is C12H14FNO. The van der Waals surface area contributed by atoms with Crippen LogP contribution in [0.25, 0.3) is 0 Å². The monoisotopic (exact) mass is 207 g/mol. The Morgan fingerprint density at radius 2 is 1.93 bits per heavy atom. The number of benzene rings is 1. The van der Waals surface area contributed by atoms with E-state index in [1.54, 1.807) is 18.2 Å². The van der Waals surface area contributed by atoms with Crippen LogP contribution in [0.1, 0.15) is 23.2 Å². The molecule has 2 rings (SSSR count). The second kappa shape index (κ2) is 4.53. The minimum atomic E-state index is -0.415. The van der Waals surface area contributed by atoms with Crippen molar-refractivity contribution in [3.05, 3.63) is 35.6 Å². The molecule has 3 heteroatoms. The maximum absolute atomic E-state index is 13.3. The van der Waals surface area contributed by atoms with Gasteiger partial charge in [0.25, 0.3) is 0 Å². The number of carbonyl (C=O) groups is 1. The number of hydrogen-bond acceptors (Lipinski definition) is 2. The second-order valence-corrected chi connectivity index (χ2v) is 3.89. The van der Waals surface area contributed by atoms with Crippen molar-refractivity contribution in [3.63, 3.8) is 0 Å². The van der Waals surface area contributed by atoms with E-state index in [4.69, 9.17) is 0 Å². The van der Waals surface area contributed by atoms with E-state index in [9.17, 15) is 9.18 Å². The molecule has 1 aliphatic heterocycles. The van der Waals surface area contributed by atoms with Crippen LogP contribution in [0.15, 0.2) is 24.3 Å². The van der Waals surface area contributed by atoms with E-state index < -0.39 is 5.82 Å². The number of rotatable bonds is 3. The lowest BCUT2D eigenvalue weighted by Gasteiger charge is -2.13. The predicted octanol–water partition coefficient (Wildman–Crippen LogP) is 2.10. The Hall–Kier alpha value is -1.22. The molecule has 0 aromatic heterocycles. The molecule has 1 heterocycles. The summed E-state index contributed by atoms with van der Waals surface area (Å²) in [6.45, 7) is 2.27. The lowest BCUT2D eigenvalue weighted by atomic mass is 10.1. The molecule has 0 saturated carbocycles. The van der Waals surface area contributed by atoms with Crippen LogP contribution in [0.5, 0.6) is 0 Å². The molecule has 1 aliphatic rings. The SMILES string of the molecule is O=C(CN1CCCC1)c1ccccc1F. The van der Waals surface area contributed by atoms with Gasteiger partial charge >= 0.3 is 0 Å². The third-order valence-corrected chi connectivity index (χ3v) is 2.74. The van der Waals surface area contributed by atoms with Crippen molar-refractivity contribution in [1.29, 1.82) is 0 Å². The van der Waals surface area contributed by atoms with Gasteiger partial charge in [0.1, 0.15) is 5.82 Å². The highest BCUT2D eigenvalue weighted by atomic mass is 19.1. The van der Waals surface area contributed by atoms with Crippen LogP contribution in [0.3, 0.4) is 0 Å². The number of nitrogens with zero attached hydrogens (tertiary/aromatic N) is 1. The highest BCUT2D eigenvalue weighted by molar-refractivity contribution is 5.97. The second-order valence-electron chi connectivity index (χ2n) is 3.89. The van der Waals surface area contributed by atoms with Gasteiger partial charge in [0.2, 0.25) is 0 Å².